The van der Waals surface area contributed by atoms with Crippen molar-refractivity contribution in [2.24, 2.45) is 29.6 Å². The van der Waals surface area contributed by atoms with Gasteiger partial charge in [0.2, 0.25) is 0 Å². The van der Waals surface area contributed by atoms with E-state index in [4.69, 9.17) is 0 Å². The molecular formula is C19H24O. The highest BCUT2D eigenvalue weighted by molar-refractivity contribution is 6.00. The molecule has 2 bridgehead atoms. The van der Waals surface area contributed by atoms with Crippen molar-refractivity contribution < 1.29 is 4.79 Å². The van der Waals surface area contributed by atoms with Crippen LogP contribution in [-0.4, -0.2) is 5.78 Å². The van der Waals surface area contributed by atoms with Crippen LogP contribution in [0.3, 0.4) is 0 Å². The van der Waals surface area contributed by atoms with Gasteiger partial charge in [-0.3, -0.25) is 4.79 Å². The molecule has 1 aromatic rings. The van der Waals surface area contributed by atoms with Gasteiger partial charge < -0.3 is 0 Å². The lowest BCUT2D eigenvalue weighted by Gasteiger charge is -2.11. The number of rotatable bonds is 4. The third-order valence-corrected chi connectivity index (χ3v) is 6.41. The van der Waals surface area contributed by atoms with Crippen molar-refractivity contribution in [3.05, 3.63) is 35.4 Å². The summed E-state index contributed by atoms with van der Waals surface area (Å²) in [7, 11) is 0. The van der Waals surface area contributed by atoms with E-state index in [-0.39, 0.29) is 0 Å². The van der Waals surface area contributed by atoms with E-state index in [1.165, 1.54) is 24.8 Å². The largest absolute Gasteiger partial charge is 0.294 e. The molecule has 3 aliphatic rings. The Morgan fingerprint density at radius 2 is 1.75 bits per heavy atom. The number of fused-ring (bicyclic) bond motifs is 5. The first-order valence-electron chi connectivity index (χ1n) is 8.35. The minimum absolute atomic E-state index is 0.385. The van der Waals surface area contributed by atoms with Crippen LogP contribution < -0.4 is 0 Å². The third kappa shape index (κ3) is 1.71. The van der Waals surface area contributed by atoms with Crippen LogP contribution in [0, 0.1) is 29.6 Å². The van der Waals surface area contributed by atoms with Crippen molar-refractivity contribution >= 4 is 5.78 Å². The molecule has 5 unspecified atom stereocenters. The molecule has 20 heavy (non-hydrogen) atoms. The van der Waals surface area contributed by atoms with Crippen molar-refractivity contribution in [2.75, 3.05) is 0 Å². The van der Waals surface area contributed by atoms with Gasteiger partial charge in [-0.2, -0.15) is 0 Å². The molecule has 0 aromatic heterocycles. The predicted molar refractivity (Wildman–Crippen MR) is 80.8 cm³/mol. The van der Waals surface area contributed by atoms with Crippen LogP contribution in [-0.2, 0) is 0 Å². The number of carbonyl (C=O) groups is 1. The first-order valence-corrected chi connectivity index (χ1v) is 8.35. The summed E-state index contributed by atoms with van der Waals surface area (Å²) >= 11 is 0. The van der Waals surface area contributed by atoms with Crippen LogP contribution in [0.1, 0.15) is 61.4 Å². The molecule has 3 aliphatic carbocycles. The second-order valence-electron chi connectivity index (χ2n) is 7.31. The van der Waals surface area contributed by atoms with Crippen LogP contribution in [0.2, 0.25) is 0 Å². The molecule has 0 amide bonds. The van der Waals surface area contributed by atoms with Gasteiger partial charge in [0.15, 0.2) is 5.78 Å². The second kappa shape index (κ2) is 4.44. The van der Waals surface area contributed by atoms with Gasteiger partial charge in [-0.1, -0.05) is 38.1 Å². The number of hydrogen-bond donors (Lipinski definition) is 0. The highest BCUT2D eigenvalue weighted by atomic mass is 16.1. The summed E-state index contributed by atoms with van der Waals surface area (Å²) in [6.07, 6.45) is 5.36. The van der Waals surface area contributed by atoms with Crippen LogP contribution in [0.15, 0.2) is 24.3 Å². The van der Waals surface area contributed by atoms with Crippen molar-refractivity contribution in [1.29, 1.82) is 0 Å². The smallest absolute Gasteiger partial charge is 0.166 e. The lowest BCUT2D eigenvalue weighted by molar-refractivity contribution is 0.0944. The third-order valence-electron chi connectivity index (χ3n) is 6.41. The fourth-order valence-electron chi connectivity index (χ4n) is 5.08. The second-order valence-corrected chi connectivity index (χ2v) is 7.31. The number of Topliss-reactive ketones (excluding diaryl/α,β-unsaturated/α-hetero) is 1. The summed E-state index contributed by atoms with van der Waals surface area (Å²) in [4.78, 5) is 12.7. The molecule has 0 radical (unpaired) electrons. The first kappa shape index (κ1) is 12.6. The van der Waals surface area contributed by atoms with Crippen LogP contribution >= 0.6 is 0 Å². The molecule has 0 N–H and O–H groups in total. The van der Waals surface area contributed by atoms with Gasteiger partial charge in [0, 0.05) is 11.5 Å². The summed E-state index contributed by atoms with van der Waals surface area (Å²) in [5, 5.41) is 0. The highest BCUT2D eigenvalue weighted by Crippen LogP contribution is 2.69. The normalized spacial score (nSPS) is 38.6. The van der Waals surface area contributed by atoms with E-state index < -0.39 is 0 Å². The van der Waals surface area contributed by atoms with Crippen molar-refractivity contribution in [3.63, 3.8) is 0 Å². The Hall–Kier alpha value is -1.11. The van der Waals surface area contributed by atoms with Crippen LogP contribution in [0.25, 0.3) is 0 Å². The number of ketones is 1. The Labute approximate surface area is 121 Å². The maximum Gasteiger partial charge on any atom is 0.166 e. The lowest BCUT2D eigenvalue weighted by Crippen LogP contribution is -2.10. The van der Waals surface area contributed by atoms with Crippen molar-refractivity contribution in [3.8, 4) is 0 Å². The summed E-state index contributed by atoms with van der Waals surface area (Å²) in [6.45, 7) is 4.46. The maximum absolute atomic E-state index is 12.7. The molecule has 5 atom stereocenters. The number of carbonyl (C=O) groups excluding carboxylic acids is 1. The average Bonchev–Trinajstić information content (AvgIpc) is 2.93. The van der Waals surface area contributed by atoms with Crippen molar-refractivity contribution in [2.45, 2.75) is 45.4 Å². The van der Waals surface area contributed by atoms with E-state index in [0.717, 1.165) is 35.7 Å². The number of hydrogen-bond acceptors (Lipinski definition) is 1. The van der Waals surface area contributed by atoms with E-state index in [1.807, 2.05) is 0 Å². The Morgan fingerprint density at radius 3 is 2.30 bits per heavy atom. The summed E-state index contributed by atoms with van der Waals surface area (Å²) < 4.78 is 0. The summed E-state index contributed by atoms with van der Waals surface area (Å²) in [5.74, 6) is 4.71. The fourth-order valence-corrected chi connectivity index (χ4v) is 5.08. The van der Waals surface area contributed by atoms with Gasteiger partial charge in [0.1, 0.15) is 0 Å². The monoisotopic (exact) mass is 268 g/mol. The van der Waals surface area contributed by atoms with E-state index >= 15 is 0 Å². The molecule has 0 aliphatic heterocycles. The lowest BCUT2D eigenvalue weighted by atomic mass is 9.93. The van der Waals surface area contributed by atoms with Crippen LogP contribution in [0.5, 0.6) is 0 Å². The van der Waals surface area contributed by atoms with Crippen molar-refractivity contribution in [1.82, 2.24) is 0 Å². The molecule has 1 heteroatoms. The van der Waals surface area contributed by atoms with Gasteiger partial charge in [0.05, 0.1) is 0 Å². The zero-order valence-electron chi connectivity index (χ0n) is 12.5. The molecular weight excluding hydrogens is 244 g/mol. The minimum Gasteiger partial charge on any atom is -0.294 e. The van der Waals surface area contributed by atoms with Gasteiger partial charge in [-0.15, -0.1) is 0 Å². The Morgan fingerprint density at radius 1 is 1.15 bits per heavy atom. The van der Waals surface area contributed by atoms with E-state index in [0.29, 0.717) is 17.6 Å². The Bertz CT molecular complexity index is 513. The quantitative estimate of drug-likeness (QED) is 0.725. The zero-order valence-corrected chi connectivity index (χ0v) is 12.5. The first-order chi connectivity index (χ1) is 9.70. The standard InChI is InChI=1S/C19H24O/c1-3-11(2)12-4-6-13(7-5-12)19(20)18-16-14-8-9-15(10-14)17(16)18/h4-7,11,14-18H,3,8-10H2,1-2H3. The Kier molecular flexibility index (Phi) is 2.80. The molecule has 3 saturated carbocycles. The van der Waals surface area contributed by atoms with E-state index in [9.17, 15) is 4.79 Å². The SMILES string of the molecule is CCC(C)c1ccc(C(=O)C2C3C4CCC(C4)C23)cc1. The molecule has 1 aromatic carbocycles. The molecule has 106 valence electrons. The topological polar surface area (TPSA) is 17.1 Å². The van der Waals surface area contributed by atoms with E-state index in [1.54, 1.807) is 0 Å². The molecule has 0 spiro atoms. The molecule has 4 rings (SSSR count). The molecule has 1 nitrogen and oxygen atoms in total. The summed E-state index contributed by atoms with van der Waals surface area (Å²) in [5.41, 5.74) is 2.32. The van der Waals surface area contributed by atoms with Crippen LogP contribution in [0.4, 0.5) is 0 Å². The predicted octanol–water partition coefficient (Wildman–Crippen LogP) is 4.67. The molecule has 0 heterocycles. The Balaban J connectivity index is 1.50. The van der Waals surface area contributed by atoms with E-state index in [2.05, 4.69) is 38.1 Å². The molecule has 0 saturated heterocycles. The zero-order chi connectivity index (χ0) is 13.9. The van der Waals surface area contributed by atoms with Gasteiger partial charge >= 0.3 is 0 Å². The van der Waals surface area contributed by atoms with Gasteiger partial charge in [-0.25, -0.2) is 0 Å². The van der Waals surface area contributed by atoms with Gasteiger partial charge in [-0.05, 0) is 60.8 Å². The number of benzene rings is 1. The maximum atomic E-state index is 12.7. The highest BCUT2D eigenvalue weighted by Gasteiger charge is 2.67. The molecule has 3 fully saturated rings. The summed E-state index contributed by atoms with van der Waals surface area (Å²) in [6, 6.07) is 8.46. The fraction of sp³-hybridized carbons (Fsp3) is 0.632. The van der Waals surface area contributed by atoms with Gasteiger partial charge in [0.25, 0.3) is 0 Å². The minimum atomic E-state index is 0.385. The average molecular weight is 268 g/mol.